The van der Waals surface area contributed by atoms with Crippen LogP contribution in [0.4, 0.5) is 0 Å². The molecule has 0 spiro atoms. The summed E-state index contributed by atoms with van der Waals surface area (Å²) in [7, 11) is 2.00. The van der Waals surface area contributed by atoms with Gasteiger partial charge in [-0.15, -0.1) is 0 Å². The first-order valence-corrected chi connectivity index (χ1v) is 7.10. The predicted molar refractivity (Wildman–Crippen MR) is 76.7 cm³/mol. The molecule has 1 aromatic rings. The molecule has 0 saturated carbocycles. The number of thioether (sulfide) groups is 1. The van der Waals surface area contributed by atoms with E-state index in [2.05, 4.69) is 44.3 Å². The first-order valence-electron chi connectivity index (χ1n) is 6.05. The summed E-state index contributed by atoms with van der Waals surface area (Å²) in [5, 5.41) is 12.7. The van der Waals surface area contributed by atoms with E-state index in [0.717, 1.165) is 5.75 Å². The van der Waals surface area contributed by atoms with Crippen molar-refractivity contribution in [3.05, 3.63) is 34.9 Å². The second-order valence-corrected chi connectivity index (χ2v) is 6.00. The molecule has 2 unspecified atom stereocenters. The van der Waals surface area contributed by atoms with Gasteiger partial charge in [0.2, 0.25) is 0 Å². The molecule has 17 heavy (non-hydrogen) atoms. The molecule has 0 radical (unpaired) electrons. The smallest absolute Gasteiger partial charge is 0.0547 e. The maximum atomic E-state index is 9.05. The van der Waals surface area contributed by atoms with Crippen molar-refractivity contribution in [2.75, 3.05) is 19.4 Å². The van der Waals surface area contributed by atoms with E-state index in [4.69, 9.17) is 5.11 Å². The fourth-order valence-electron chi connectivity index (χ4n) is 1.78. The average molecular weight is 253 g/mol. The average Bonchev–Trinajstić information content (AvgIpc) is 2.33. The molecule has 3 heteroatoms. The van der Waals surface area contributed by atoms with Gasteiger partial charge in [0.1, 0.15) is 0 Å². The highest BCUT2D eigenvalue weighted by molar-refractivity contribution is 7.99. The topological polar surface area (TPSA) is 32.3 Å². The SMILES string of the molecule is CNC(CSC(C)CO)c1cc(C)ccc1C. The molecule has 0 aliphatic carbocycles. The summed E-state index contributed by atoms with van der Waals surface area (Å²) in [6.07, 6.45) is 0. The van der Waals surface area contributed by atoms with Gasteiger partial charge in [-0.3, -0.25) is 0 Å². The van der Waals surface area contributed by atoms with Crippen LogP contribution in [0.3, 0.4) is 0 Å². The highest BCUT2D eigenvalue weighted by atomic mass is 32.2. The van der Waals surface area contributed by atoms with E-state index in [1.807, 2.05) is 7.05 Å². The minimum atomic E-state index is 0.244. The summed E-state index contributed by atoms with van der Waals surface area (Å²) >= 11 is 1.81. The summed E-state index contributed by atoms with van der Waals surface area (Å²) in [6.45, 7) is 6.58. The van der Waals surface area contributed by atoms with E-state index in [9.17, 15) is 0 Å². The molecule has 1 rings (SSSR count). The number of hydrogen-bond acceptors (Lipinski definition) is 3. The molecule has 2 atom stereocenters. The van der Waals surface area contributed by atoms with E-state index in [1.165, 1.54) is 16.7 Å². The van der Waals surface area contributed by atoms with Crippen LogP contribution in [0.2, 0.25) is 0 Å². The molecular weight excluding hydrogens is 230 g/mol. The number of hydrogen-bond donors (Lipinski definition) is 2. The van der Waals surface area contributed by atoms with Crippen molar-refractivity contribution >= 4 is 11.8 Å². The van der Waals surface area contributed by atoms with Crippen molar-refractivity contribution in [3.8, 4) is 0 Å². The number of aryl methyl sites for hydroxylation is 2. The molecule has 0 amide bonds. The van der Waals surface area contributed by atoms with Gasteiger partial charge in [0.15, 0.2) is 0 Å². The van der Waals surface area contributed by atoms with Gasteiger partial charge in [0.25, 0.3) is 0 Å². The van der Waals surface area contributed by atoms with Gasteiger partial charge >= 0.3 is 0 Å². The van der Waals surface area contributed by atoms with Gasteiger partial charge < -0.3 is 10.4 Å². The lowest BCUT2D eigenvalue weighted by Gasteiger charge is -2.20. The van der Waals surface area contributed by atoms with Crippen molar-refractivity contribution in [2.24, 2.45) is 0 Å². The lowest BCUT2D eigenvalue weighted by atomic mass is 10.0. The fourth-order valence-corrected chi connectivity index (χ4v) is 2.75. The Bertz CT molecular complexity index is 354. The molecule has 0 heterocycles. The standard InChI is InChI=1S/C14H23NOS/c1-10-5-6-11(2)13(7-10)14(15-4)9-17-12(3)8-16/h5-7,12,14-16H,8-9H2,1-4H3. The van der Waals surface area contributed by atoms with Crippen LogP contribution in [-0.2, 0) is 0 Å². The summed E-state index contributed by atoms with van der Waals surface area (Å²) in [4.78, 5) is 0. The van der Waals surface area contributed by atoms with Crippen LogP contribution in [-0.4, -0.2) is 29.8 Å². The Morgan fingerprint density at radius 2 is 2.06 bits per heavy atom. The van der Waals surface area contributed by atoms with Crippen LogP contribution in [0.1, 0.15) is 29.7 Å². The van der Waals surface area contributed by atoms with E-state index < -0.39 is 0 Å². The zero-order valence-corrected chi connectivity index (χ0v) is 12.0. The van der Waals surface area contributed by atoms with Crippen LogP contribution in [0.25, 0.3) is 0 Å². The van der Waals surface area contributed by atoms with Crippen molar-refractivity contribution < 1.29 is 5.11 Å². The van der Waals surface area contributed by atoms with Crippen LogP contribution in [0, 0.1) is 13.8 Å². The lowest BCUT2D eigenvalue weighted by molar-refractivity contribution is 0.300. The van der Waals surface area contributed by atoms with Crippen LogP contribution in [0.15, 0.2) is 18.2 Å². The number of aliphatic hydroxyl groups is 1. The van der Waals surface area contributed by atoms with E-state index in [1.54, 1.807) is 11.8 Å². The molecule has 0 aliphatic heterocycles. The maximum absolute atomic E-state index is 9.05. The van der Waals surface area contributed by atoms with E-state index in [0.29, 0.717) is 11.3 Å². The van der Waals surface area contributed by atoms with Gasteiger partial charge in [0.05, 0.1) is 6.61 Å². The summed E-state index contributed by atoms with van der Waals surface area (Å²) in [5.74, 6) is 0.989. The highest BCUT2D eigenvalue weighted by Gasteiger charge is 2.13. The summed E-state index contributed by atoms with van der Waals surface area (Å²) < 4.78 is 0. The Morgan fingerprint density at radius 3 is 2.65 bits per heavy atom. The predicted octanol–water partition coefficient (Wildman–Crippen LogP) is 2.68. The Hall–Kier alpha value is -0.510. The van der Waals surface area contributed by atoms with Crippen molar-refractivity contribution in [1.29, 1.82) is 0 Å². The lowest BCUT2D eigenvalue weighted by Crippen LogP contribution is -2.21. The van der Waals surface area contributed by atoms with Gasteiger partial charge in [-0.25, -0.2) is 0 Å². The monoisotopic (exact) mass is 253 g/mol. The third kappa shape index (κ3) is 4.34. The van der Waals surface area contributed by atoms with Crippen LogP contribution in [0.5, 0.6) is 0 Å². The second-order valence-electron chi connectivity index (χ2n) is 4.53. The molecular formula is C14H23NOS. The van der Waals surface area contributed by atoms with Gasteiger partial charge in [-0.1, -0.05) is 30.7 Å². The number of benzene rings is 1. The van der Waals surface area contributed by atoms with Crippen molar-refractivity contribution in [3.63, 3.8) is 0 Å². The number of rotatable bonds is 6. The zero-order valence-electron chi connectivity index (χ0n) is 11.2. The molecule has 2 nitrogen and oxygen atoms in total. The summed E-state index contributed by atoms with van der Waals surface area (Å²) in [6, 6.07) is 6.93. The Kier molecular flexibility index (Phi) is 6.03. The molecule has 96 valence electrons. The fraction of sp³-hybridized carbons (Fsp3) is 0.571. The number of aliphatic hydroxyl groups excluding tert-OH is 1. The molecule has 0 aromatic heterocycles. The molecule has 0 saturated heterocycles. The highest BCUT2D eigenvalue weighted by Crippen LogP contribution is 2.24. The van der Waals surface area contributed by atoms with Crippen LogP contribution < -0.4 is 5.32 Å². The Labute approximate surface area is 109 Å². The minimum absolute atomic E-state index is 0.244. The molecule has 0 bridgehead atoms. The van der Waals surface area contributed by atoms with Crippen molar-refractivity contribution in [1.82, 2.24) is 5.32 Å². The second kappa shape index (κ2) is 7.04. The molecule has 1 aromatic carbocycles. The normalized spacial score (nSPS) is 14.6. The quantitative estimate of drug-likeness (QED) is 0.817. The Morgan fingerprint density at radius 1 is 1.35 bits per heavy atom. The number of nitrogens with one attached hydrogen (secondary N) is 1. The minimum Gasteiger partial charge on any atom is -0.395 e. The molecule has 0 aliphatic rings. The first-order chi connectivity index (χ1) is 8.08. The van der Waals surface area contributed by atoms with Gasteiger partial charge in [-0.2, -0.15) is 11.8 Å². The van der Waals surface area contributed by atoms with Gasteiger partial charge in [-0.05, 0) is 32.0 Å². The Balaban J connectivity index is 2.75. The van der Waals surface area contributed by atoms with E-state index >= 15 is 0 Å². The third-order valence-corrected chi connectivity index (χ3v) is 4.21. The molecule has 2 N–H and O–H groups in total. The molecule has 0 fully saturated rings. The first kappa shape index (κ1) is 14.6. The summed E-state index contributed by atoms with van der Waals surface area (Å²) in [5.41, 5.74) is 3.99. The zero-order chi connectivity index (χ0) is 12.8. The van der Waals surface area contributed by atoms with E-state index in [-0.39, 0.29) is 6.61 Å². The largest absolute Gasteiger partial charge is 0.395 e. The van der Waals surface area contributed by atoms with Crippen LogP contribution >= 0.6 is 11.8 Å². The maximum Gasteiger partial charge on any atom is 0.0547 e. The van der Waals surface area contributed by atoms with Gasteiger partial charge in [0, 0.05) is 17.0 Å². The van der Waals surface area contributed by atoms with Crippen molar-refractivity contribution in [2.45, 2.75) is 32.1 Å². The third-order valence-electron chi connectivity index (χ3n) is 2.96.